The van der Waals surface area contributed by atoms with Crippen LogP contribution in [0.3, 0.4) is 0 Å². The van der Waals surface area contributed by atoms with Crippen LogP contribution in [0, 0.1) is 11.3 Å². The summed E-state index contributed by atoms with van der Waals surface area (Å²) in [6.07, 6.45) is 0.978. The lowest BCUT2D eigenvalue weighted by molar-refractivity contribution is 0.732. The zero-order valence-electron chi connectivity index (χ0n) is 10.9. The van der Waals surface area contributed by atoms with E-state index >= 15 is 0 Å². The number of hydrogen-bond acceptors (Lipinski definition) is 3. The van der Waals surface area contributed by atoms with Gasteiger partial charge in [0.2, 0.25) is 0 Å². The molecule has 1 aliphatic heterocycles. The van der Waals surface area contributed by atoms with E-state index in [2.05, 4.69) is 17.0 Å². The van der Waals surface area contributed by atoms with Crippen LogP contribution in [0.4, 0.5) is 11.4 Å². The number of rotatable bonds is 1. The van der Waals surface area contributed by atoms with Crippen molar-refractivity contribution in [3.63, 3.8) is 0 Å². The van der Waals surface area contributed by atoms with Gasteiger partial charge < -0.3 is 10.6 Å². The number of nitrogens with two attached hydrogens (primary N) is 1. The molecular formula is C16H14ClN3. The molecule has 2 N–H and O–H groups in total. The molecule has 1 aliphatic rings. The van der Waals surface area contributed by atoms with E-state index in [1.54, 1.807) is 12.1 Å². The van der Waals surface area contributed by atoms with E-state index < -0.39 is 0 Å². The topological polar surface area (TPSA) is 53.0 Å². The van der Waals surface area contributed by atoms with Crippen molar-refractivity contribution in [1.82, 2.24) is 0 Å². The Balaban J connectivity index is 1.92. The van der Waals surface area contributed by atoms with E-state index in [4.69, 9.17) is 22.6 Å². The average molecular weight is 284 g/mol. The van der Waals surface area contributed by atoms with Crippen LogP contribution in [0.1, 0.15) is 16.7 Å². The molecule has 4 heteroatoms. The first kappa shape index (κ1) is 12.8. The lowest BCUT2D eigenvalue weighted by atomic mass is 9.98. The number of hydrogen-bond donors (Lipinski definition) is 1. The van der Waals surface area contributed by atoms with E-state index in [0.29, 0.717) is 10.6 Å². The SMILES string of the molecule is N#Cc1ccc(N2CCc3ccc(N)cc3C2)c(Cl)c1. The maximum Gasteiger partial charge on any atom is 0.0992 e. The van der Waals surface area contributed by atoms with Crippen LogP contribution < -0.4 is 10.6 Å². The molecule has 0 saturated heterocycles. The fraction of sp³-hybridized carbons (Fsp3) is 0.188. The molecule has 100 valence electrons. The minimum atomic E-state index is 0.584. The number of anilines is 2. The molecule has 0 bridgehead atoms. The van der Waals surface area contributed by atoms with Gasteiger partial charge in [0.1, 0.15) is 0 Å². The molecule has 2 aromatic rings. The first-order valence-corrected chi connectivity index (χ1v) is 6.87. The Labute approximate surface area is 123 Å². The Bertz CT molecular complexity index is 703. The van der Waals surface area contributed by atoms with Gasteiger partial charge in [-0.05, 0) is 47.9 Å². The van der Waals surface area contributed by atoms with E-state index in [1.807, 2.05) is 18.2 Å². The molecule has 2 aromatic carbocycles. The van der Waals surface area contributed by atoms with Gasteiger partial charge in [-0.1, -0.05) is 17.7 Å². The van der Waals surface area contributed by atoms with Gasteiger partial charge in [0.15, 0.2) is 0 Å². The van der Waals surface area contributed by atoms with Crippen molar-refractivity contribution in [2.45, 2.75) is 13.0 Å². The van der Waals surface area contributed by atoms with Gasteiger partial charge in [0.05, 0.1) is 22.3 Å². The molecule has 3 nitrogen and oxygen atoms in total. The molecule has 1 heterocycles. The second kappa shape index (κ2) is 5.07. The van der Waals surface area contributed by atoms with Gasteiger partial charge in [-0.2, -0.15) is 5.26 Å². The summed E-state index contributed by atoms with van der Waals surface area (Å²) in [6, 6.07) is 13.6. The summed E-state index contributed by atoms with van der Waals surface area (Å²) in [5.41, 5.74) is 10.8. The molecule has 0 saturated carbocycles. The Morgan fingerprint density at radius 2 is 2.00 bits per heavy atom. The highest BCUT2D eigenvalue weighted by molar-refractivity contribution is 6.33. The van der Waals surface area contributed by atoms with Crippen LogP contribution in [0.15, 0.2) is 36.4 Å². The van der Waals surface area contributed by atoms with Crippen LogP contribution in [-0.4, -0.2) is 6.54 Å². The number of nitrogen functional groups attached to an aromatic ring is 1. The van der Waals surface area contributed by atoms with Gasteiger partial charge in [-0.25, -0.2) is 0 Å². The summed E-state index contributed by atoms with van der Waals surface area (Å²) in [5, 5.41) is 9.51. The lowest BCUT2D eigenvalue weighted by Gasteiger charge is -2.31. The highest BCUT2D eigenvalue weighted by Gasteiger charge is 2.18. The second-order valence-electron chi connectivity index (χ2n) is 4.98. The molecule has 0 radical (unpaired) electrons. The molecule has 0 unspecified atom stereocenters. The Hall–Kier alpha value is -2.18. The molecule has 0 fully saturated rings. The quantitative estimate of drug-likeness (QED) is 0.817. The molecule has 3 rings (SSSR count). The van der Waals surface area contributed by atoms with E-state index in [9.17, 15) is 0 Å². The molecule has 0 aromatic heterocycles. The summed E-state index contributed by atoms with van der Waals surface area (Å²) in [6.45, 7) is 1.72. The average Bonchev–Trinajstić information content (AvgIpc) is 2.46. The number of nitriles is 1. The largest absolute Gasteiger partial charge is 0.399 e. The van der Waals surface area contributed by atoms with Crippen LogP contribution >= 0.6 is 11.6 Å². The third-order valence-electron chi connectivity index (χ3n) is 3.66. The van der Waals surface area contributed by atoms with Crippen LogP contribution in [0.5, 0.6) is 0 Å². The maximum absolute atomic E-state index is 8.89. The van der Waals surface area contributed by atoms with E-state index in [1.165, 1.54) is 11.1 Å². The minimum Gasteiger partial charge on any atom is -0.399 e. The van der Waals surface area contributed by atoms with Crippen LogP contribution in [0.25, 0.3) is 0 Å². The van der Waals surface area contributed by atoms with Gasteiger partial charge in [0, 0.05) is 18.8 Å². The van der Waals surface area contributed by atoms with E-state index in [0.717, 1.165) is 30.9 Å². The fourth-order valence-corrected chi connectivity index (χ4v) is 2.92. The summed E-state index contributed by atoms with van der Waals surface area (Å²) >= 11 is 6.28. The molecule has 0 atom stereocenters. The summed E-state index contributed by atoms with van der Waals surface area (Å²) < 4.78 is 0. The zero-order chi connectivity index (χ0) is 14.1. The highest BCUT2D eigenvalue weighted by Crippen LogP contribution is 2.31. The minimum absolute atomic E-state index is 0.584. The fourth-order valence-electron chi connectivity index (χ4n) is 2.62. The Morgan fingerprint density at radius 3 is 2.75 bits per heavy atom. The van der Waals surface area contributed by atoms with Crippen molar-refractivity contribution in [2.75, 3.05) is 17.2 Å². The second-order valence-corrected chi connectivity index (χ2v) is 5.38. The third-order valence-corrected chi connectivity index (χ3v) is 3.96. The maximum atomic E-state index is 8.89. The highest BCUT2D eigenvalue weighted by atomic mass is 35.5. The summed E-state index contributed by atoms with van der Waals surface area (Å²) in [4.78, 5) is 2.23. The first-order chi connectivity index (χ1) is 9.67. The van der Waals surface area contributed by atoms with Gasteiger partial charge in [0.25, 0.3) is 0 Å². The summed E-state index contributed by atoms with van der Waals surface area (Å²) in [7, 11) is 0. The number of benzene rings is 2. The van der Waals surface area contributed by atoms with Crippen LogP contribution in [0.2, 0.25) is 5.02 Å². The normalized spacial score (nSPS) is 13.7. The molecule has 0 aliphatic carbocycles. The molecule has 20 heavy (non-hydrogen) atoms. The van der Waals surface area contributed by atoms with Crippen molar-refractivity contribution in [3.05, 3.63) is 58.1 Å². The Morgan fingerprint density at radius 1 is 1.15 bits per heavy atom. The number of nitrogens with zero attached hydrogens (tertiary/aromatic N) is 2. The zero-order valence-corrected chi connectivity index (χ0v) is 11.7. The number of halogens is 1. The third kappa shape index (κ3) is 2.31. The van der Waals surface area contributed by atoms with Crippen molar-refractivity contribution < 1.29 is 0 Å². The van der Waals surface area contributed by atoms with Gasteiger partial charge >= 0.3 is 0 Å². The molecule has 0 amide bonds. The predicted octanol–water partition coefficient (Wildman–Crippen LogP) is 3.36. The van der Waals surface area contributed by atoms with Crippen molar-refractivity contribution in [2.24, 2.45) is 0 Å². The molecular weight excluding hydrogens is 270 g/mol. The van der Waals surface area contributed by atoms with Crippen molar-refractivity contribution in [3.8, 4) is 6.07 Å². The Kier molecular flexibility index (Phi) is 3.25. The molecule has 0 spiro atoms. The number of fused-ring (bicyclic) bond motifs is 1. The van der Waals surface area contributed by atoms with Gasteiger partial charge in [-0.3, -0.25) is 0 Å². The van der Waals surface area contributed by atoms with Gasteiger partial charge in [-0.15, -0.1) is 0 Å². The van der Waals surface area contributed by atoms with Crippen molar-refractivity contribution in [1.29, 1.82) is 5.26 Å². The monoisotopic (exact) mass is 283 g/mol. The van der Waals surface area contributed by atoms with E-state index in [-0.39, 0.29) is 0 Å². The standard InChI is InChI=1S/C16H14ClN3/c17-15-7-11(9-18)1-4-16(15)20-6-5-12-2-3-14(19)8-13(12)10-20/h1-4,7-8H,5-6,10,19H2. The smallest absolute Gasteiger partial charge is 0.0992 e. The lowest BCUT2D eigenvalue weighted by Crippen LogP contribution is -2.30. The predicted molar refractivity (Wildman–Crippen MR) is 81.8 cm³/mol. The summed E-state index contributed by atoms with van der Waals surface area (Å²) in [5.74, 6) is 0. The van der Waals surface area contributed by atoms with Crippen LogP contribution in [-0.2, 0) is 13.0 Å². The first-order valence-electron chi connectivity index (χ1n) is 6.49. The van der Waals surface area contributed by atoms with Crippen molar-refractivity contribution >= 4 is 23.0 Å².